The first-order valence-electron chi connectivity index (χ1n) is 6.55. The van der Waals surface area contributed by atoms with Gasteiger partial charge in [0, 0.05) is 28.6 Å². The first-order chi connectivity index (χ1) is 8.88. The molecule has 0 amide bonds. The van der Waals surface area contributed by atoms with Gasteiger partial charge in [0.2, 0.25) is 0 Å². The second-order valence-electron chi connectivity index (χ2n) is 5.08. The Kier molecular flexibility index (Phi) is 5.76. The van der Waals surface area contributed by atoms with E-state index in [1.165, 1.54) is 6.07 Å². The summed E-state index contributed by atoms with van der Waals surface area (Å²) in [4.78, 5) is 10.8. The van der Waals surface area contributed by atoms with Crippen LogP contribution in [0.4, 0.5) is 5.69 Å². The van der Waals surface area contributed by atoms with Gasteiger partial charge in [0.25, 0.3) is 5.69 Å². The fourth-order valence-corrected chi connectivity index (χ4v) is 2.79. The lowest BCUT2D eigenvalue weighted by Gasteiger charge is -2.28. The first-order valence-corrected chi connectivity index (χ1v) is 6.93. The zero-order valence-corrected chi connectivity index (χ0v) is 12.6. The molecule has 4 nitrogen and oxygen atoms in total. The molecule has 1 rings (SSSR count). The molecule has 0 spiro atoms. The maximum atomic E-state index is 11.2. The van der Waals surface area contributed by atoms with Gasteiger partial charge in [0.15, 0.2) is 0 Å². The molecule has 5 heteroatoms. The van der Waals surface area contributed by atoms with Crippen LogP contribution in [0.2, 0.25) is 5.02 Å². The van der Waals surface area contributed by atoms with Crippen molar-refractivity contribution in [1.29, 1.82) is 0 Å². The van der Waals surface area contributed by atoms with Gasteiger partial charge in [-0.1, -0.05) is 32.4 Å². The van der Waals surface area contributed by atoms with Gasteiger partial charge in [-0.05, 0) is 31.5 Å². The van der Waals surface area contributed by atoms with Crippen molar-refractivity contribution in [3.8, 4) is 0 Å². The molecule has 0 bridgehead atoms. The topological polar surface area (TPSA) is 55.2 Å². The number of benzene rings is 1. The van der Waals surface area contributed by atoms with E-state index in [1.807, 2.05) is 6.92 Å². The van der Waals surface area contributed by atoms with Crippen LogP contribution in [0, 0.1) is 16.0 Å². The summed E-state index contributed by atoms with van der Waals surface area (Å²) >= 11 is 6.01. The minimum absolute atomic E-state index is 0.0547. The molecule has 19 heavy (non-hydrogen) atoms. The highest BCUT2D eigenvalue weighted by Gasteiger charge is 2.29. The van der Waals surface area contributed by atoms with Crippen molar-refractivity contribution < 1.29 is 4.92 Å². The van der Waals surface area contributed by atoms with E-state index < -0.39 is 0 Å². The Labute approximate surface area is 119 Å². The Balaban J connectivity index is 3.28. The molecule has 0 aromatic heterocycles. The molecule has 0 saturated heterocycles. The maximum Gasteiger partial charge on any atom is 0.273 e. The monoisotopic (exact) mass is 284 g/mol. The van der Waals surface area contributed by atoms with Crippen LogP contribution in [0.25, 0.3) is 0 Å². The van der Waals surface area contributed by atoms with E-state index in [0.29, 0.717) is 10.6 Å². The number of likely N-dealkylation sites (N-methyl/N-ethyl adjacent to an activating group) is 1. The summed E-state index contributed by atoms with van der Waals surface area (Å²) in [5, 5.41) is 15.1. The number of hydrogen-bond donors (Lipinski definition) is 1. The molecular formula is C14H21ClN2O2. The average molecular weight is 285 g/mol. The zero-order chi connectivity index (χ0) is 14.6. The zero-order valence-electron chi connectivity index (χ0n) is 11.8. The molecule has 2 unspecified atom stereocenters. The molecule has 0 radical (unpaired) electrons. The second kappa shape index (κ2) is 6.87. The first kappa shape index (κ1) is 15.9. The third-order valence-corrected chi connectivity index (χ3v) is 3.56. The van der Waals surface area contributed by atoms with E-state index in [0.717, 1.165) is 6.54 Å². The fraction of sp³-hybridized carbons (Fsp3) is 0.571. The summed E-state index contributed by atoms with van der Waals surface area (Å²) in [6.07, 6.45) is 0. The van der Waals surface area contributed by atoms with Crippen molar-refractivity contribution in [2.45, 2.75) is 39.7 Å². The van der Waals surface area contributed by atoms with Crippen LogP contribution in [0.1, 0.15) is 39.2 Å². The largest absolute Gasteiger partial charge is 0.314 e. The standard InChI is InChI=1S/C14H21ClN2O2/c1-5-16-10(4)14(9(2)3)12-8-11(15)6-7-13(12)17(18)19/h6-10,14,16H,5H2,1-4H3. The van der Waals surface area contributed by atoms with Crippen molar-refractivity contribution in [3.05, 3.63) is 38.9 Å². The van der Waals surface area contributed by atoms with Crippen molar-refractivity contribution >= 4 is 17.3 Å². The molecule has 0 aliphatic rings. The van der Waals surface area contributed by atoms with Crippen molar-refractivity contribution in [1.82, 2.24) is 5.32 Å². The number of rotatable bonds is 6. The van der Waals surface area contributed by atoms with E-state index in [1.54, 1.807) is 12.1 Å². The SMILES string of the molecule is CCNC(C)C(c1cc(Cl)ccc1[N+](=O)[O-])C(C)C. The quantitative estimate of drug-likeness (QED) is 0.635. The van der Waals surface area contributed by atoms with Gasteiger partial charge in [0.05, 0.1) is 4.92 Å². The van der Waals surface area contributed by atoms with E-state index >= 15 is 0 Å². The molecule has 0 aliphatic heterocycles. The van der Waals surface area contributed by atoms with Gasteiger partial charge < -0.3 is 5.32 Å². The van der Waals surface area contributed by atoms with Gasteiger partial charge >= 0.3 is 0 Å². The van der Waals surface area contributed by atoms with Crippen LogP contribution in [0.3, 0.4) is 0 Å². The number of hydrogen-bond acceptors (Lipinski definition) is 3. The molecule has 0 fully saturated rings. The van der Waals surface area contributed by atoms with Crippen LogP contribution in [-0.2, 0) is 0 Å². The summed E-state index contributed by atoms with van der Waals surface area (Å²) in [5.74, 6) is 0.338. The maximum absolute atomic E-state index is 11.2. The van der Waals surface area contributed by atoms with E-state index in [2.05, 4.69) is 26.1 Å². The molecule has 1 aromatic carbocycles. The third kappa shape index (κ3) is 3.91. The molecule has 106 valence electrons. The molecule has 1 aromatic rings. The Bertz CT molecular complexity index is 449. The van der Waals surface area contributed by atoms with Crippen molar-refractivity contribution in [3.63, 3.8) is 0 Å². The number of nitrogens with zero attached hydrogens (tertiary/aromatic N) is 1. The lowest BCUT2D eigenvalue weighted by atomic mass is 9.82. The predicted octanol–water partition coefficient (Wildman–Crippen LogP) is 3.99. The predicted molar refractivity (Wildman–Crippen MR) is 78.8 cm³/mol. The minimum Gasteiger partial charge on any atom is -0.314 e. The highest BCUT2D eigenvalue weighted by molar-refractivity contribution is 6.30. The van der Waals surface area contributed by atoms with Gasteiger partial charge in [-0.25, -0.2) is 0 Å². The normalized spacial score (nSPS) is 14.4. The lowest BCUT2D eigenvalue weighted by Crippen LogP contribution is -2.34. The Hall–Kier alpha value is -1.13. The summed E-state index contributed by atoms with van der Waals surface area (Å²) in [7, 11) is 0. The van der Waals surface area contributed by atoms with Crippen LogP contribution in [-0.4, -0.2) is 17.5 Å². The summed E-state index contributed by atoms with van der Waals surface area (Å²) in [5.41, 5.74) is 0.855. The van der Waals surface area contributed by atoms with Crippen LogP contribution in [0.5, 0.6) is 0 Å². The molecule has 0 aliphatic carbocycles. The number of nitro benzene ring substituents is 1. The summed E-state index contributed by atoms with van der Waals surface area (Å²) < 4.78 is 0. The Morgan fingerprint density at radius 1 is 1.37 bits per heavy atom. The minimum atomic E-state index is -0.334. The smallest absolute Gasteiger partial charge is 0.273 e. The van der Waals surface area contributed by atoms with Gasteiger partial charge in [-0.15, -0.1) is 0 Å². The Morgan fingerprint density at radius 2 is 2.00 bits per heavy atom. The van der Waals surface area contributed by atoms with Crippen LogP contribution in [0.15, 0.2) is 18.2 Å². The highest BCUT2D eigenvalue weighted by Crippen LogP contribution is 2.36. The molecular weight excluding hydrogens is 264 g/mol. The average Bonchev–Trinajstić information content (AvgIpc) is 2.28. The van der Waals surface area contributed by atoms with Crippen molar-refractivity contribution in [2.24, 2.45) is 5.92 Å². The van der Waals surface area contributed by atoms with Crippen molar-refractivity contribution in [2.75, 3.05) is 6.54 Å². The molecule has 1 N–H and O–H groups in total. The number of nitro groups is 1. The van der Waals surface area contributed by atoms with Gasteiger partial charge in [0.1, 0.15) is 0 Å². The van der Waals surface area contributed by atoms with Gasteiger partial charge in [-0.2, -0.15) is 0 Å². The highest BCUT2D eigenvalue weighted by atomic mass is 35.5. The van der Waals surface area contributed by atoms with Gasteiger partial charge in [-0.3, -0.25) is 10.1 Å². The van der Waals surface area contributed by atoms with Crippen LogP contribution < -0.4 is 5.32 Å². The lowest BCUT2D eigenvalue weighted by molar-refractivity contribution is -0.385. The molecule has 2 atom stereocenters. The second-order valence-corrected chi connectivity index (χ2v) is 5.51. The van der Waals surface area contributed by atoms with E-state index in [-0.39, 0.29) is 28.5 Å². The third-order valence-electron chi connectivity index (χ3n) is 3.33. The molecule has 0 saturated carbocycles. The molecule has 0 heterocycles. The summed E-state index contributed by atoms with van der Waals surface area (Å²) in [6.45, 7) is 9.06. The number of halogens is 1. The Morgan fingerprint density at radius 3 is 2.47 bits per heavy atom. The summed E-state index contributed by atoms with van der Waals surface area (Å²) in [6, 6.07) is 4.93. The fourth-order valence-electron chi connectivity index (χ4n) is 2.61. The van der Waals surface area contributed by atoms with E-state index in [4.69, 9.17) is 11.6 Å². The van der Waals surface area contributed by atoms with Crippen LogP contribution >= 0.6 is 11.6 Å². The number of nitrogens with one attached hydrogen (secondary N) is 1. The van der Waals surface area contributed by atoms with E-state index in [9.17, 15) is 10.1 Å².